The van der Waals surface area contributed by atoms with E-state index in [0.717, 1.165) is 5.75 Å². The van der Waals surface area contributed by atoms with Crippen molar-refractivity contribution in [3.8, 4) is 5.75 Å². The molecule has 0 atom stereocenters. The Labute approximate surface area is 117 Å². The second-order valence-electron chi connectivity index (χ2n) is 4.18. The number of hydrogen-bond donors (Lipinski definition) is 1. The van der Waals surface area contributed by atoms with E-state index in [0.29, 0.717) is 13.2 Å². The van der Waals surface area contributed by atoms with Gasteiger partial charge in [0, 0.05) is 19.4 Å². The van der Waals surface area contributed by atoms with Gasteiger partial charge in [0.25, 0.3) is 5.91 Å². The third-order valence-corrected chi connectivity index (χ3v) is 2.71. The van der Waals surface area contributed by atoms with Crippen LogP contribution in [0.5, 0.6) is 5.75 Å². The molecule has 20 heavy (non-hydrogen) atoms. The Morgan fingerprint density at radius 2 is 1.95 bits per heavy atom. The number of carbonyl (C=O) groups excluding carboxylic acids is 1. The van der Waals surface area contributed by atoms with Crippen molar-refractivity contribution >= 4 is 11.7 Å². The van der Waals surface area contributed by atoms with Gasteiger partial charge in [0.15, 0.2) is 11.5 Å². The molecule has 0 saturated carbocycles. The molecule has 1 heterocycles. The largest absolute Gasteiger partial charge is 0.492 e. The summed E-state index contributed by atoms with van der Waals surface area (Å²) in [6.45, 7) is 0.830. The number of benzene rings is 1. The lowest BCUT2D eigenvalue weighted by Crippen LogP contribution is -2.32. The fraction of sp³-hybridized carbons (Fsp3) is 0.214. The molecular weight excluding hydrogens is 256 g/mol. The van der Waals surface area contributed by atoms with Gasteiger partial charge < -0.3 is 15.4 Å². The van der Waals surface area contributed by atoms with E-state index in [1.54, 1.807) is 7.05 Å². The van der Waals surface area contributed by atoms with Crippen molar-refractivity contribution in [2.24, 2.45) is 0 Å². The highest BCUT2D eigenvalue weighted by Gasteiger charge is 2.16. The molecule has 2 aromatic rings. The normalized spacial score (nSPS) is 10.1. The van der Waals surface area contributed by atoms with Gasteiger partial charge in [-0.15, -0.1) is 0 Å². The van der Waals surface area contributed by atoms with E-state index in [2.05, 4.69) is 9.97 Å². The predicted octanol–water partition coefficient (Wildman–Crippen LogP) is 1.21. The number of nitrogens with two attached hydrogens (primary N) is 1. The fourth-order valence-corrected chi connectivity index (χ4v) is 1.61. The number of anilines is 1. The first-order valence-electron chi connectivity index (χ1n) is 6.18. The number of likely N-dealkylation sites (N-methyl/N-ethyl adjacent to an activating group) is 1. The lowest BCUT2D eigenvalue weighted by Gasteiger charge is -2.17. The summed E-state index contributed by atoms with van der Waals surface area (Å²) in [5.41, 5.74) is 5.79. The number of hydrogen-bond acceptors (Lipinski definition) is 5. The van der Waals surface area contributed by atoms with Crippen molar-refractivity contribution in [3.63, 3.8) is 0 Å². The molecule has 104 valence electrons. The highest BCUT2D eigenvalue weighted by molar-refractivity contribution is 5.96. The van der Waals surface area contributed by atoms with Gasteiger partial charge in [-0.2, -0.15) is 0 Å². The summed E-state index contributed by atoms with van der Waals surface area (Å²) in [4.78, 5) is 21.4. The highest BCUT2D eigenvalue weighted by Crippen LogP contribution is 2.09. The number of carbonyl (C=O) groups is 1. The Morgan fingerprint density at radius 1 is 1.25 bits per heavy atom. The molecule has 0 aliphatic carbocycles. The standard InChI is InChI=1S/C14H16N4O2/c1-18(9-10-20-11-5-3-2-4-6-11)14(19)12-13(15)17-8-7-16-12/h2-8H,9-10H2,1H3,(H2,15,17). The zero-order valence-electron chi connectivity index (χ0n) is 11.2. The monoisotopic (exact) mass is 272 g/mol. The number of ether oxygens (including phenoxy) is 1. The number of amides is 1. The van der Waals surface area contributed by atoms with Crippen molar-refractivity contribution < 1.29 is 9.53 Å². The summed E-state index contributed by atoms with van der Waals surface area (Å²) in [7, 11) is 1.67. The predicted molar refractivity (Wildman–Crippen MR) is 75.3 cm³/mol. The highest BCUT2D eigenvalue weighted by atomic mass is 16.5. The average Bonchev–Trinajstić information content (AvgIpc) is 2.48. The molecule has 6 heteroatoms. The lowest BCUT2D eigenvalue weighted by atomic mass is 10.3. The number of aromatic nitrogens is 2. The van der Waals surface area contributed by atoms with E-state index in [-0.39, 0.29) is 17.4 Å². The third kappa shape index (κ3) is 3.44. The average molecular weight is 272 g/mol. The second kappa shape index (κ2) is 6.51. The van der Waals surface area contributed by atoms with Gasteiger partial charge in [-0.05, 0) is 12.1 Å². The van der Waals surface area contributed by atoms with Crippen LogP contribution in [0.25, 0.3) is 0 Å². The van der Waals surface area contributed by atoms with Crippen LogP contribution >= 0.6 is 0 Å². The van der Waals surface area contributed by atoms with Crippen LogP contribution in [0.15, 0.2) is 42.7 Å². The number of nitrogen functional groups attached to an aromatic ring is 1. The fourth-order valence-electron chi connectivity index (χ4n) is 1.61. The Morgan fingerprint density at radius 3 is 2.65 bits per heavy atom. The van der Waals surface area contributed by atoms with E-state index in [4.69, 9.17) is 10.5 Å². The molecule has 0 aliphatic rings. The van der Waals surface area contributed by atoms with Crippen LogP contribution in [-0.4, -0.2) is 41.0 Å². The van der Waals surface area contributed by atoms with Gasteiger partial charge in [-0.25, -0.2) is 9.97 Å². The number of para-hydroxylation sites is 1. The topological polar surface area (TPSA) is 81.3 Å². The molecule has 0 bridgehead atoms. The van der Waals surface area contributed by atoms with E-state index in [1.165, 1.54) is 17.3 Å². The molecule has 0 unspecified atom stereocenters. The molecule has 0 spiro atoms. The molecule has 0 fully saturated rings. The van der Waals surface area contributed by atoms with Gasteiger partial charge in [-0.3, -0.25) is 4.79 Å². The SMILES string of the molecule is CN(CCOc1ccccc1)C(=O)c1nccnc1N. The van der Waals surface area contributed by atoms with Crippen molar-refractivity contribution in [3.05, 3.63) is 48.4 Å². The Hall–Kier alpha value is -2.63. The first kappa shape index (κ1) is 13.8. The molecule has 2 N–H and O–H groups in total. The van der Waals surface area contributed by atoms with Gasteiger partial charge in [0.1, 0.15) is 12.4 Å². The molecule has 0 radical (unpaired) electrons. The second-order valence-corrected chi connectivity index (χ2v) is 4.18. The zero-order valence-corrected chi connectivity index (χ0v) is 11.2. The van der Waals surface area contributed by atoms with Crippen LogP contribution in [0.1, 0.15) is 10.5 Å². The molecule has 1 aromatic carbocycles. The Bertz CT molecular complexity index is 574. The van der Waals surface area contributed by atoms with Crippen LogP contribution < -0.4 is 10.5 Å². The summed E-state index contributed by atoms with van der Waals surface area (Å²) >= 11 is 0. The van der Waals surface area contributed by atoms with Crippen LogP contribution in [0.4, 0.5) is 5.82 Å². The maximum Gasteiger partial charge on any atom is 0.276 e. The molecule has 0 aliphatic heterocycles. The Kier molecular flexibility index (Phi) is 4.49. The van der Waals surface area contributed by atoms with Crippen LogP contribution in [-0.2, 0) is 0 Å². The minimum Gasteiger partial charge on any atom is -0.492 e. The number of nitrogens with zero attached hydrogens (tertiary/aromatic N) is 3. The van der Waals surface area contributed by atoms with Crippen molar-refractivity contribution in [2.75, 3.05) is 25.9 Å². The van der Waals surface area contributed by atoms with Gasteiger partial charge in [0.2, 0.25) is 0 Å². The summed E-state index contributed by atoms with van der Waals surface area (Å²) in [5, 5.41) is 0. The van der Waals surface area contributed by atoms with Crippen molar-refractivity contribution in [1.29, 1.82) is 0 Å². The zero-order chi connectivity index (χ0) is 14.4. The molecule has 0 saturated heterocycles. The maximum atomic E-state index is 12.1. The van der Waals surface area contributed by atoms with E-state index in [9.17, 15) is 4.79 Å². The molecular formula is C14H16N4O2. The van der Waals surface area contributed by atoms with Gasteiger partial charge >= 0.3 is 0 Å². The van der Waals surface area contributed by atoms with Crippen LogP contribution in [0.2, 0.25) is 0 Å². The summed E-state index contributed by atoms with van der Waals surface area (Å²) < 4.78 is 5.53. The number of rotatable bonds is 5. The first-order valence-corrected chi connectivity index (χ1v) is 6.18. The molecule has 1 amide bonds. The lowest BCUT2D eigenvalue weighted by molar-refractivity contribution is 0.0769. The Balaban J connectivity index is 1.87. The van der Waals surface area contributed by atoms with E-state index >= 15 is 0 Å². The maximum absolute atomic E-state index is 12.1. The third-order valence-electron chi connectivity index (χ3n) is 2.71. The quantitative estimate of drug-likeness (QED) is 0.884. The van der Waals surface area contributed by atoms with Crippen LogP contribution in [0, 0.1) is 0 Å². The van der Waals surface area contributed by atoms with Gasteiger partial charge in [-0.1, -0.05) is 18.2 Å². The van der Waals surface area contributed by atoms with Gasteiger partial charge in [0.05, 0.1) is 6.54 Å². The van der Waals surface area contributed by atoms with Crippen LogP contribution in [0.3, 0.4) is 0 Å². The first-order chi connectivity index (χ1) is 9.68. The molecule has 2 rings (SSSR count). The minimum absolute atomic E-state index is 0.133. The minimum atomic E-state index is -0.271. The van der Waals surface area contributed by atoms with Crippen molar-refractivity contribution in [2.45, 2.75) is 0 Å². The molecule has 1 aromatic heterocycles. The smallest absolute Gasteiger partial charge is 0.276 e. The molecule has 6 nitrogen and oxygen atoms in total. The van der Waals surface area contributed by atoms with E-state index in [1.807, 2.05) is 30.3 Å². The van der Waals surface area contributed by atoms with E-state index < -0.39 is 0 Å². The summed E-state index contributed by atoms with van der Waals surface area (Å²) in [6, 6.07) is 9.43. The summed E-state index contributed by atoms with van der Waals surface area (Å²) in [5.74, 6) is 0.632. The summed E-state index contributed by atoms with van der Waals surface area (Å²) in [6.07, 6.45) is 2.89. The van der Waals surface area contributed by atoms with Crippen molar-refractivity contribution in [1.82, 2.24) is 14.9 Å².